The van der Waals surface area contributed by atoms with Crippen LogP contribution in [-0.2, 0) is 4.74 Å². The Morgan fingerprint density at radius 2 is 2.06 bits per heavy atom. The molecule has 1 unspecified atom stereocenters. The van der Waals surface area contributed by atoms with Gasteiger partial charge in [0.2, 0.25) is 0 Å². The van der Waals surface area contributed by atoms with Crippen molar-refractivity contribution in [1.82, 2.24) is 5.32 Å². The highest BCUT2D eigenvalue weighted by atomic mass is 32.2. The SMILES string of the molecule is CCCNC(CCCOC)CSC1CCCCC1. The zero-order valence-corrected chi connectivity index (χ0v) is 13.1. The summed E-state index contributed by atoms with van der Waals surface area (Å²) in [6.45, 7) is 4.30. The lowest BCUT2D eigenvalue weighted by Crippen LogP contribution is -2.33. The first-order valence-electron chi connectivity index (χ1n) is 7.70. The minimum atomic E-state index is 0.687. The van der Waals surface area contributed by atoms with Gasteiger partial charge in [-0.15, -0.1) is 0 Å². The zero-order chi connectivity index (χ0) is 13.1. The standard InChI is InChI=1S/C15H31NOS/c1-3-11-16-14(8-7-12-17-2)13-18-15-9-5-4-6-10-15/h14-16H,3-13H2,1-2H3. The van der Waals surface area contributed by atoms with Gasteiger partial charge in [-0.2, -0.15) is 11.8 Å². The molecule has 1 rings (SSSR count). The average Bonchev–Trinajstić information content (AvgIpc) is 2.42. The Hall–Kier alpha value is 0.270. The van der Waals surface area contributed by atoms with Gasteiger partial charge in [0.15, 0.2) is 0 Å². The molecule has 1 aliphatic carbocycles. The Balaban J connectivity index is 2.16. The van der Waals surface area contributed by atoms with E-state index in [1.165, 1.54) is 57.1 Å². The van der Waals surface area contributed by atoms with Crippen LogP contribution in [0.3, 0.4) is 0 Å². The topological polar surface area (TPSA) is 21.3 Å². The number of rotatable bonds is 10. The Morgan fingerprint density at radius 3 is 2.72 bits per heavy atom. The fraction of sp³-hybridized carbons (Fsp3) is 1.00. The lowest BCUT2D eigenvalue weighted by Gasteiger charge is -2.24. The van der Waals surface area contributed by atoms with Crippen LogP contribution in [0.1, 0.15) is 58.3 Å². The largest absolute Gasteiger partial charge is 0.385 e. The highest BCUT2D eigenvalue weighted by Crippen LogP contribution is 2.28. The van der Waals surface area contributed by atoms with E-state index in [0.717, 1.165) is 18.4 Å². The van der Waals surface area contributed by atoms with E-state index in [-0.39, 0.29) is 0 Å². The molecule has 2 nitrogen and oxygen atoms in total. The van der Waals surface area contributed by atoms with Crippen molar-refractivity contribution in [1.29, 1.82) is 0 Å². The van der Waals surface area contributed by atoms with E-state index in [2.05, 4.69) is 24.0 Å². The van der Waals surface area contributed by atoms with Crippen LogP contribution in [0.15, 0.2) is 0 Å². The minimum Gasteiger partial charge on any atom is -0.385 e. The van der Waals surface area contributed by atoms with Crippen molar-refractivity contribution in [2.24, 2.45) is 0 Å². The fourth-order valence-electron chi connectivity index (χ4n) is 2.55. The van der Waals surface area contributed by atoms with Gasteiger partial charge in [0.25, 0.3) is 0 Å². The molecule has 1 N–H and O–H groups in total. The van der Waals surface area contributed by atoms with Crippen molar-refractivity contribution >= 4 is 11.8 Å². The molecule has 0 spiro atoms. The molecule has 0 aromatic carbocycles. The van der Waals surface area contributed by atoms with E-state index >= 15 is 0 Å². The Bertz CT molecular complexity index is 183. The molecule has 1 saturated carbocycles. The normalized spacial score (nSPS) is 19.0. The van der Waals surface area contributed by atoms with E-state index < -0.39 is 0 Å². The second kappa shape index (κ2) is 11.1. The van der Waals surface area contributed by atoms with Crippen LogP contribution >= 0.6 is 11.8 Å². The van der Waals surface area contributed by atoms with Crippen molar-refractivity contribution in [2.75, 3.05) is 26.0 Å². The highest BCUT2D eigenvalue weighted by Gasteiger charge is 2.16. The van der Waals surface area contributed by atoms with Crippen LogP contribution in [0, 0.1) is 0 Å². The zero-order valence-electron chi connectivity index (χ0n) is 12.2. The molecule has 1 fully saturated rings. The first-order valence-corrected chi connectivity index (χ1v) is 8.75. The summed E-state index contributed by atoms with van der Waals surface area (Å²) in [6.07, 6.45) is 10.9. The number of hydrogen-bond acceptors (Lipinski definition) is 3. The predicted molar refractivity (Wildman–Crippen MR) is 82.5 cm³/mol. The summed E-state index contributed by atoms with van der Waals surface area (Å²) in [4.78, 5) is 0. The second-order valence-corrected chi connectivity index (χ2v) is 6.71. The summed E-state index contributed by atoms with van der Waals surface area (Å²) in [5.41, 5.74) is 0. The third-order valence-electron chi connectivity index (χ3n) is 3.67. The van der Waals surface area contributed by atoms with Gasteiger partial charge in [0.1, 0.15) is 0 Å². The van der Waals surface area contributed by atoms with Crippen molar-refractivity contribution < 1.29 is 4.74 Å². The molecule has 0 saturated heterocycles. The van der Waals surface area contributed by atoms with Crippen LogP contribution in [-0.4, -0.2) is 37.3 Å². The van der Waals surface area contributed by atoms with Gasteiger partial charge in [-0.3, -0.25) is 0 Å². The summed E-state index contributed by atoms with van der Waals surface area (Å²) in [7, 11) is 1.80. The molecule has 0 heterocycles. The quantitative estimate of drug-likeness (QED) is 0.611. The molecule has 1 atom stereocenters. The number of nitrogens with one attached hydrogen (secondary N) is 1. The maximum atomic E-state index is 5.16. The number of thioether (sulfide) groups is 1. The van der Waals surface area contributed by atoms with Gasteiger partial charge < -0.3 is 10.1 Å². The van der Waals surface area contributed by atoms with Gasteiger partial charge in [-0.05, 0) is 38.6 Å². The highest BCUT2D eigenvalue weighted by molar-refractivity contribution is 7.99. The van der Waals surface area contributed by atoms with Crippen LogP contribution in [0.4, 0.5) is 0 Å². The van der Waals surface area contributed by atoms with E-state index in [0.29, 0.717) is 6.04 Å². The fourth-order valence-corrected chi connectivity index (χ4v) is 4.01. The van der Waals surface area contributed by atoms with Crippen molar-refractivity contribution in [3.63, 3.8) is 0 Å². The molecule has 0 radical (unpaired) electrons. The summed E-state index contributed by atoms with van der Waals surface area (Å²) in [5, 5.41) is 4.63. The molecular formula is C15H31NOS. The third kappa shape index (κ3) is 7.65. The van der Waals surface area contributed by atoms with Crippen LogP contribution in [0.2, 0.25) is 0 Å². The predicted octanol–water partition coefficient (Wildman–Crippen LogP) is 3.85. The Kier molecular flexibility index (Phi) is 10.1. The number of ether oxygens (including phenoxy) is 1. The first-order chi connectivity index (χ1) is 8.86. The molecule has 108 valence electrons. The van der Waals surface area contributed by atoms with Crippen LogP contribution in [0.5, 0.6) is 0 Å². The van der Waals surface area contributed by atoms with E-state index in [1.807, 2.05) is 0 Å². The van der Waals surface area contributed by atoms with Crippen LogP contribution in [0.25, 0.3) is 0 Å². The Labute approximate surface area is 118 Å². The number of hydrogen-bond donors (Lipinski definition) is 1. The van der Waals surface area contributed by atoms with E-state index in [4.69, 9.17) is 4.74 Å². The molecule has 18 heavy (non-hydrogen) atoms. The summed E-state index contributed by atoms with van der Waals surface area (Å²) in [5.74, 6) is 1.29. The lowest BCUT2D eigenvalue weighted by molar-refractivity contribution is 0.189. The van der Waals surface area contributed by atoms with Crippen molar-refractivity contribution in [2.45, 2.75) is 69.6 Å². The monoisotopic (exact) mass is 273 g/mol. The molecule has 0 aromatic rings. The molecule has 0 aliphatic heterocycles. The maximum Gasteiger partial charge on any atom is 0.0462 e. The Morgan fingerprint density at radius 1 is 1.28 bits per heavy atom. The van der Waals surface area contributed by atoms with Gasteiger partial charge in [0, 0.05) is 30.8 Å². The summed E-state index contributed by atoms with van der Waals surface area (Å²) in [6, 6.07) is 0.687. The van der Waals surface area contributed by atoms with Gasteiger partial charge in [-0.25, -0.2) is 0 Å². The van der Waals surface area contributed by atoms with Crippen molar-refractivity contribution in [3.05, 3.63) is 0 Å². The van der Waals surface area contributed by atoms with E-state index in [1.54, 1.807) is 7.11 Å². The molecule has 0 aromatic heterocycles. The summed E-state index contributed by atoms with van der Waals surface area (Å²) >= 11 is 2.21. The second-order valence-electron chi connectivity index (χ2n) is 5.38. The molecule has 0 amide bonds. The smallest absolute Gasteiger partial charge is 0.0462 e. The molecular weight excluding hydrogens is 242 g/mol. The van der Waals surface area contributed by atoms with Crippen molar-refractivity contribution in [3.8, 4) is 0 Å². The van der Waals surface area contributed by atoms with Crippen LogP contribution < -0.4 is 5.32 Å². The maximum absolute atomic E-state index is 5.16. The van der Waals surface area contributed by atoms with Gasteiger partial charge in [-0.1, -0.05) is 26.2 Å². The third-order valence-corrected chi connectivity index (χ3v) is 5.21. The minimum absolute atomic E-state index is 0.687. The van der Waals surface area contributed by atoms with Gasteiger partial charge >= 0.3 is 0 Å². The summed E-state index contributed by atoms with van der Waals surface area (Å²) < 4.78 is 5.16. The number of methoxy groups -OCH3 is 1. The van der Waals surface area contributed by atoms with E-state index in [9.17, 15) is 0 Å². The molecule has 1 aliphatic rings. The van der Waals surface area contributed by atoms with Gasteiger partial charge in [0.05, 0.1) is 0 Å². The average molecular weight is 273 g/mol. The molecule has 3 heteroatoms. The lowest BCUT2D eigenvalue weighted by atomic mass is 10.0. The molecule has 0 bridgehead atoms. The first kappa shape index (κ1) is 16.3.